The number of aliphatic hydroxyl groups is 1. The molecule has 3 aliphatic rings. The molecule has 1 aliphatic carbocycles. The number of carbonyl (C=O) groups is 2. The lowest BCUT2D eigenvalue weighted by Crippen LogP contribution is -2.56. The molecule has 5 nitrogen and oxygen atoms in total. The van der Waals surface area contributed by atoms with Crippen LogP contribution in [0.3, 0.4) is 0 Å². The first-order valence-electron chi connectivity index (χ1n) is 10.9. The maximum Gasteiger partial charge on any atom is 0.331 e. The first kappa shape index (κ1) is 21.8. The van der Waals surface area contributed by atoms with Gasteiger partial charge in [0, 0.05) is 24.0 Å². The lowest BCUT2D eigenvalue weighted by Gasteiger charge is -2.45. The van der Waals surface area contributed by atoms with E-state index in [2.05, 4.69) is 52.1 Å². The maximum absolute atomic E-state index is 13.4. The zero-order valence-electron chi connectivity index (χ0n) is 18.3. The van der Waals surface area contributed by atoms with Gasteiger partial charge in [-0.25, -0.2) is 4.79 Å². The van der Waals surface area contributed by atoms with Crippen LogP contribution in [0, 0.1) is 23.7 Å². The Bertz CT molecular complexity index is 750. The summed E-state index contributed by atoms with van der Waals surface area (Å²) in [7, 11) is 0. The Morgan fingerprint density at radius 3 is 2.69 bits per heavy atom. The van der Waals surface area contributed by atoms with Gasteiger partial charge in [-0.15, -0.1) is 0 Å². The van der Waals surface area contributed by atoms with Gasteiger partial charge in [0.25, 0.3) is 5.91 Å². The number of esters is 1. The fraction of sp³-hybridized carbons (Fsp3) is 0.667. The van der Waals surface area contributed by atoms with Crippen LogP contribution in [0.25, 0.3) is 0 Å². The van der Waals surface area contributed by atoms with Gasteiger partial charge in [-0.3, -0.25) is 4.79 Å². The minimum absolute atomic E-state index is 0.0346. The Hall–Kier alpha value is -1.88. The predicted molar refractivity (Wildman–Crippen MR) is 113 cm³/mol. The Labute approximate surface area is 174 Å². The van der Waals surface area contributed by atoms with Crippen molar-refractivity contribution in [2.45, 2.75) is 78.0 Å². The molecule has 1 fully saturated rings. The summed E-state index contributed by atoms with van der Waals surface area (Å²) in [5.74, 6) is -0.632. The van der Waals surface area contributed by atoms with Crippen LogP contribution in [0.1, 0.15) is 60.3 Å². The Morgan fingerprint density at radius 2 is 2.00 bits per heavy atom. The molecule has 1 spiro atoms. The molecule has 2 aliphatic heterocycles. The molecular weight excluding hydrogens is 366 g/mol. The van der Waals surface area contributed by atoms with E-state index >= 15 is 0 Å². The summed E-state index contributed by atoms with van der Waals surface area (Å²) < 4.78 is 6.04. The smallest absolute Gasteiger partial charge is 0.331 e. The molecule has 0 aromatic carbocycles. The Balaban J connectivity index is 2.13. The lowest BCUT2D eigenvalue weighted by atomic mass is 9.63. The van der Waals surface area contributed by atoms with Gasteiger partial charge in [-0.1, -0.05) is 44.1 Å². The molecule has 0 aromatic rings. The van der Waals surface area contributed by atoms with E-state index in [4.69, 9.17) is 4.74 Å². The van der Waals surface area contributed by atoms with Crippen LogP contribution in [-0.2, 0) is 14.3 Å². The van der Waals surface area contributed by atoms with Crippen molar-refractivity contribution in [3.8, 4) is 0 Å². The van der Waals surface area contributed by atoms with Crippen molar-refractivity contribution in [3.05, 3.63) is 35.5 Å². The van der Waals surface area contributed by atoms with E-state index in [1.807, 2.05) is 0 Å². The summed E-state index contributed by atoms with van der Waals surface area (Å²) >= 11 is 0. The fourth-order valence-electron chi connectivity index (χ4n) is 5.29. The number of aliphatic hydroxyl groups excluding tert-OH is 1. The molecule has 2 heterocycles. The molecule has 1 saturated heterocycles. The minimum atomic E-state index is -1.24. The number of amides is 1. The van der Waals surface area contributed by atoms with E-state index < -0.39 is 17.7 Å². The quantitative estimate of drug-likeness (QED) is 0.547. The molecule has 3 rings (SSSR count). The molecule has 0 bridgehead atoms. The number of hydrogen-bond acceptors (Lipinski definition) is 4. The molecule has 0 saturated carbocycles. The van der Waals surface area contributed by atoms with Crippen LogP contribution in [0.15, 0.2) is 35.5 Å². The van der Waals surface area contributed by atoms with Gasteiger partial charge in [-0.05, 0) is 57.4 Å². The number of hydrogen-bond donors (Lipinski definition) is 2. The maximum atomic E-state index is 13.4. The van der Waals surface area contributed by atoms with E-state index in [9.17, 15) is 14.7 Å². The van der Waals surface area contributed by atoms with Crippen LogP contribution < -0.4 is 5.32 Å². The highest BCUT2D eigenvalue weighted by Gasteiger charge is 2.64. The van der Waals surface area contributed by atoms with Crippen LogP contribution in [0.4, 0.5) is 0 Å². The Morgan fingerprint density at radius 1 is 1.28 bits per heavy atom. The van der Waals surface area contributed by atoms with Gasteiger partial charge in [0.15, 0.2) is 0 Å². The first-order valence-corrected chi connectivity index (χ1v) is 10.9. The van der Waals surface area contributed by atoms with E-state index in [1.54, 1.807) is 0 Å². The average molecular weight is 402 g/mol. The van der Waals surface area contributed by atoms with Crippen LogP contribution in [-0.4, -0.2) is 34.7 Å². The minimum Gasteiger partial charge on any atom is -0.444 e. The van der Waals surface area contributed by atoms with Gasteiger partial charge < -0.3 is 15.2 Å². The van der Waals surface area contributed by atoms with E-state index in [0.717, 1.165) is 24.8 Å². The predicted octanol–water partition coefficient (Wildman–Crippen LogP) is 3.69. The topological polar surface area (TPSA) is 75.6 Å². The monoisotopic (exact) mass is 401 g/mol. The van der Waals surface area contributed by atoms with Gasteiger partial charge >= 0.3 is 5.97 Å². The van der Waals surface area contributed by atoms with Crippen molar-refractivity contribution in [3.63, 3.8) is 0 Å². The fourth-order valence-corrected chi connectivity index (χ4v) is 5.29. The molecule has 29 heavy (non-hydrogen) atoms. The van der Waals surface area contributed by atoms with E-state index in [0.29, 0.717) is 12.3 Å². The number of allylic oxidation sites excluding steroid dienone is 2. The Kier molecular flexibility index (Phi) is 6.37. The molecule has 6 atom stereocenters. The first-order chi connectivity index (χ1) is 13.6. The van der Waals surface area contributed by atoms with Crippen LogP contribution in [0.2, 0.25) is 0 Å². The zero-order valence-corrected chi connectivity index (χ0v) is 18.3. The molecule has 160 valence electrons. The highest BCUT2D eigenvalue weighted by atomic mass is 16.6. The van der Waals surface area contributed by atoms with Crippen LogP contribution in [0.5, 0.6) is 0 Å². The highest BCUT2D eigenvalue weighted by Crippen LogP contribution is 2.50. The SMILES string of the molecule is CC1=C[C@@H]2/C=C(\C)CCC[C@H](O)/C=C/C(=O)O[C@]23C(=O)N[C@H](CC(C)C)[C@H]3[C@H]1C. The van der Waals surface area contributed by atoms with Crippen molar-refractivity contribution >= 4 is 11.9 Å². The van der Waals surface area contributed by atoms with Crippen molar-refractivity contribution in [1.82, 2.24) is 5.32 Å². The second-order valence-electron chi connectivity index (χ2n) is 9.51. The second-order valence-corrected chi connectivity index (χ2v) is 9.51. The molecule has 0 aromatic heterocycles. The second kappa shape index (κ2) is 8.47. The van der Waals surface area contributed by atoms with Gasteiger partial charge in [0.2, 0.25) is 5.60 Å². The normalized spacial score (nSPS) is 41.0. The number of nitrogens with one attached hydrogen (secondary N) is 1. The number of carbonyl (C=O) groups excluding carboxylic acids is 2. The molecule has 0 unspecified atom stereocenters. The van der Waals surface area contributed by atoms with Crippen LogP contribution >= 0.6 is 0 Å². The third kappa shape index (κ3) is 4.20. The molecule has 2 N–H and O–H groups in total. The number of ether oxygens (including phenoxy) is 1. The van der Waals surface area contributed by atoms with Gasteiger partial charge in [-0.2, -0.15) is 0 Å². The van der Waals surface area contributed by atoms with E-state index in [1.165, 1.54) is 17.7 Å². The standard InChI is InChI=1S/C24H35NO4/c1-14(2)11-20-22-17(5)16(4)13-18-12-15(3)7-6-8-19(26)9-10-21(27)29-24(18,22)23(28)25-20/h9-10,12-14,17-20,22,26H,6-8,11H2,1-5H3,(H,25,28)/b10-9+,15-12+/t17-,18-,19-,20+,22+,24+/m0/s1. The van der Waals surface area contributed by atoms with Gasteiger partial charge in [0.05, 0.1) is 6.10 Å². The third-order valence-corrected chi connectivity index (χ3v) is 6.78. The van der Waals surface area contributed by atoms with Crippen molar-refractivity contribution in [1.29, 1.82) is 0 Å². The van der Waals surface area contributed by atoms with Crippen molar-refractivity contribution < 1.29 is 19.4 Å². The summed E-state index contributed by atoms with van der Waals surface area (Å²) in [4.78, 5) is 26.2. The van der Waals surface area contributed by atoms with Gasteiger partial charge in [0.1, 0.15) is 0 Å². The summed E-state index contributed by atoms with van der Waals surface area (Å²) in [5.41, 5.74) is 1.14. The average Bonchev–Trinajstić information content (AvgIpc) is 2.89. The molecule has 5 heteroatoms. The largest absolute Gasteiger partial charge is 0.444 e. The summed E-state index contributed by atoms with van der Waals surface area (Å²) in [6.07, 6.45) is 9.40. The van der Waals surface area contributed by atoms with Crippen molar-refractivity contribution in [2.75, 3.05) is 0 Å². The summed E-state index contributed by atoms with van der Waals surface area (Å²) in [6.45, 7) is 10.6. The molecular formula is C24H35NO4. The highest BCUT2D eigenvalue weighted by molar-refractivity contribution is 5.94. The number of rotatable bonds is 2. The van der Waals surface area contributed by atoms with Crippen molar-refractivity contribution in [2.24, 2.45) is 23.7 Å². The summed E-state index contributed by atoms with van der Waals surface area (Å²) in [5, 5.41) is 13.3. The molecule has 1 amide bonds. The van der Waals surface area contributed by atoms with E-state index in [-0.39, 0.29) is 29.7 Å². The lowest BCUT2D eigenvalue weighted by molar-refractivity contribution is -0.172. The molecule has 0 radical (unpaired) electrons. The summed E-state index contributed by atoms with van der Waals surface area (Å²) in [6, 6.07) is -0.0346. The zero-order chi connectivity index (χ0) is 21.3. The third-order valence-electron chi connectivity index (χ3n) is 6.78.